The number of epoxide rings is 3. The number of hydrogen-bond donors (Lipinski definition) is 0. The standard InChI is InChI=1S/C28H34O7.C28H40O6.H2/c29-27(25-19-34-25)32-16-5-3-1-2-4-7-21-8-10-22(11-9-21)23-12-14-24(15-13-23)31-17-6-18-33-28(30)26-20-35-26;1-2-27(29)32-18-7-5-3-4-6-9-22-10-12-23(13-11-22)24-14-16-25(17-15-24)31-19-8-20-33-28(30)26-21-34-26;/h8-15,25-26H,1-7,16-20H2;2,14-17,22-23,26H,1,3-13,18-21H2;1H. The van der Waals surface area contributed by atoms with E-state index in [1.54, 1.807) is 0 Å². The van der Waals surface area contributed by atoms with Gasteiger partial charge in [0.15, 0.2) is 18.3 Å². The molecule has 7 rings (SSSR count). The average molecular weight is 957 g/mol. The highest BCUT2D eigenvalue weighted by molar-refractivity contribution is 5.81. The molecule has 3 unspecified atom stereocenters. The molecule has 3 aliphatic heterocycles. The minimum atomic E-state index is -0.346. The predicted octanol–water partition coefficient (Wildman–Crippen LogP) is 10.5. The van der Waals surface area contributed by atoms with E-state index in [1.165, 1.54) is 80.6 Å². The largest absolute Gasteiger partial charge is 0.493 e. The maximum absolute atomic E-state index is 11.4. The first kappa shape index (κ1) is 53.1. The van der Waals surface area contributed by atoms with Gasteiger partial charge < -0.3 is 42.6 Å². The topological polar surface area (TPSA) is 161 Å². The molecule has 3 aromatic rings. The van der Waals surface area contributed by atoms with Gasteiger partial charge in [0.05, 0.1) is 59.5 Å². The maximum Gasteiger partial charge on any atom is 0.337 e. The second-order valence-electron chi connectivity index (χ2n) is 18.3. The van der Waals surface area contributed by atoms with Gasteiger partial charge >= 0.3 is 23.9 Å². The summed E-state index contributed by atoms with van der Waals surface area (Å²) in [4.78, 5) is 45.1. The number of hydrogen-bond acceptors (Lipinski definition) is 13. The molecule has 3 saturated heterocycles. The highest BCUT2D eigenvalue weighted by Crippen LogP contribution is 2.38. The molecule has 4 fully saturated rings. The Morgan fingerprint density at radius 1 is 0.493 bits per heavy atom. The van der Waals surface area contributed by atoms with E-state index in [2.05, 4.69) is 67.2 Å². The van der Waals surface area contributed by atoms with Crippen LogP contribution in [0.4, 0.5) is 0 Å². The highest BCUT2D eigenvalue weighted by Gasteiger charge is 2.34. The fourth-order valence-corrected chi connectivity index (χ4v) is 8.33. The van der Waals surface area contributed by atoms with E-state index in [4.69, 9.17) is 42.6 Å². The molecule has 0 N–H and O–H groups in total. The van der Waals surface area contributed by atoms with Gasteiger partial charge in [-0.05, 0) is 110 Å². The van der Waals surface area contributed by atoms with E-state index in [9.17, 15) is 19.2 Å². The van der Waals surface area contributed by atoms with Crippen molar-refractivity contribution in [2.24, 2.45) is 5.92 Å². The van der Waals surface area contributed by atoms with Crippen LogP contribution in [0.2, 0.25) is 0 Å². The first-order valence-electron chi connectivity index (χ1n) is 25.5. The molecule has 1 aliphatic carbocycles. The Morgan fingerprint density at radius 3 is 1.41 bits per heavy atom. The van der Waals surface area contributed by atoms with Crippen LogP contribution in [0.1, 0.15) is 128 Å². The van der Waals surface area contributed by atoms with Crippen molar-refractivity contribution in [2.45, 2.75) is 140 Å². The summed E-state index contributed by atoms with van der Waals surface area (Å²) >= 11 is 0. The van der Waals surface area contributed by atoms with Crippen LogP contribution in [-0.2, 0) is 58.8 Å². The van der Waals surface area contributed by atoms with Gasteiger partial charge in [-0.2, -0.15) is 0 Å². The lowest BCUT2D eigenvalue weighted by molar-refractivity contribution is -0.146. The monoisotopic (exact) mass is 957 g/mol. The molecule has 13 nitrogen and oxygen atoms in total. The third kappa shape index (κ3) is 21.5. The number of esters is 4. The lowest BCUT2D eigenvalue weighted by Gasteiger charge is -2.29. The molecule has 3 atom stereocenters. The zero-order valence-electron chi connectivity index (χ0n) is 40.5. The number of benzene rings is 3. The summed E-state index contributed by atoms with van der Waals surface area (Å²) in [5, 5.41) is 0. The number of aryl methyl sites for hydroxylation is 1. The fraction of sp³-hybridized carbons (Fsp3) is 0.571. The summed E-state index contributed by atoms with van der Waals surface area (Å²) in [5.41, 5.74) is 5.10. The highest BCUT2D eigenvalue weighted by atomic mass is 16.6. The fourth-order valence-electron chi connectivity index (χ4n) is 8.33. The Kier molecular flexibility index (Phi) is 23.4. The number of rotatable bonds is 32. The lowest BCUT2D eigenvalue weighted by Crippen LogP contribution is -2.14. The Morgan fingerprint density at radius 2 is 0.913 bits per heavy atom. The van der Waals surface area contributed by atoms with E-state index >= 15 is 0 Å². The van der Waals surface area contributed by atoms with Crippen molar-refractivity contribution in [3.05, 3.63) is 96.6 Å². The van der Waals surface area contributed by atoms with Crippen LogP contribution in [0, 0.1) is 5.92 Å². The summed E-state index contributed by atoms with van der Waals surface area (Å²) in [6.45, 7) is 7.63. The number of carbonyl (C=O) groups is 4. The van der Waals surface area contributed by atoms with E-state index in [1.807, 2.05) is 12.1 Å². The summed E-state index contributed by atoms with van der Waals surface area (Å²) in [5.74, 6) is 2.12. The van der Waals surface area contributed by atoms with Crippen molar-refractivity contribution in [1.82, 2.24) is 0 Å². The molecule has 378 valence electrons. The molecule has 4 aliphatic rings. The Bertz CT molecular complexity index is 1970. The summed E-state index contributed by atoms with van der Waals surface area (Å²) in [6.07, 6.45) is 20.5. The van der Waals surface area contributed by atoms with Crippen LogP contribution in [0.5, 0.6) is 11.5 Å². The minimum absolute atomic E-state index is 0. The first-order chi connectivity index (χ1) is 33.8. The van der Waals surface area contributed by atoms with Crippen molar-refractivity contribution in [3.8, 4) is 22.6 Å². The summed E-state index contributed by atoms with van der Waals surface area (Å²) in [6, 6.07) is 25.3. The molecule has 0 radical (unpaired) electrons. The van der Waals surface area contributed by atoms with Crippen LogP contribution < -0.4 is 9.47 Å². The molecule has 0 spiro atoms. The smallest absolute Gasteiger partial charge is 0.337 e. The van der Waals surface area contributed by atoms with E-state index in [-0.39, 0.29) is 43.6 Å². The van der Waals surface area contributed by atoms with Gasteiger partial charge in [0.1, 0.15) is 11.5 Å². The third-order valence-corrected chi connectivity index (χ3v) is 12.8. The van der Waals surface area contributed by atoms with Crippen LogP contribution in [0.15, 0.2) is 85.5 Å². The second kappa shape index (κ2) is 30.4. The van der Waals surface area contributed by atoms with Gasteiger partial charge in [-0.25, -0.2) is 19.2 Å². The van der Waals surface area contributed by atoms with Gasteiger partial charge in [-0.3, -0.25) is 0 Å². The third-order valence-electron chi connectivity index (χ3n) is 12.8. The van der Waals surface area contributed by atoms with Crippen LogP contribution in [0.3, 0.4) is 0 Å². The molecule has 69 heavy (non-hydrogen) atoms. The normalized spacial score (nSPS) is 19.7. The quantitative estimate of drug-likeness (QED) is 0.0191. The number of ether oxygens (including phenoxy) is 9. The molecule has 0 aromatic heterocycles. The maximum atomic E-state index is 11.4. The van der Waals surface area contributed by atoms with Crippen molar-refractivity contribution < 1.29 is 63.2 Å². The number of carbonyl (C=O) groups excluding carboxylic acids is 4. The predicted molar refractivity (Wildman–Crippen MR) is 263 cm³/mol. The van der Waals surface area contributed by atoms with Gasteiger partial charge in [0, 0.05) is 20.3 Å². The Balaban J connectivity index is 0.000000257. The molecule has 1 saturated carbocycles. The van der Waals surface area contributed by atoms with E-state index in [0.717, 1.165) is 67.9 Å². The van der Waals surface area contributed by atoms with E-state index in [0.29, 0.717) is 78.2 Å². The second-order valence-corrected chi connectivity index (χ2v) is 18.3. The minimum Gasteiger partial charge on any atom is -0.493 e. The van der Waals surface area contributed by atoms with Crippen molar-refractivity contribution in [2.75, 3.05) is 59.5 Å². The van der Waals surface area contributed by atoms with Crippen LogP contribution in [0.25, 0.3) is 11.1 Å². The first-order valence-corrected chi connectivity index (χ1v) is 25.5. The van der Waals surface area contributed by atoms with Gasteiger partial charge in [0.2, 0.25) is 0 Å². The van der Waals surface area contributed by atoms with Crippen molar-refractivity contribution >= 4 is 23.9 Å². The van der Waals surface area contributed by atoms with Crippen molar-refractivity contribution in [1.29, 1.82) is 0 Å². The summed E-state index contributed by atoms with van der Waals surface area (Å²) in [7, 11) is 0. The molecule has 3 aromatic carbocycles. The Hall–Kier alpha value is -5.24. The molecular formula is C56H76O13. The van der Waals surface area contributed by atoms with Gasteiger partial charge in [-0.1, -0.05) is 106 Å². The zero-order valence-corrected chi connectivity index (χ0v) is 40.5. The van der Waals surface area contributed by atoms with Gasteiger partial charge in [-0.15, -0.1) is 0 Å². The molecule has 0 amide bonds. The summed E-state index contributed by atoms with van der Waals surface area (Å²) < 4.78 is 46.5. The SMILES string of the molecule is C=CC(=O)OCCCCCCCC1CCC(c2ccc(OCCCOC(=O)C3CO3)cc2)CC1.O=C(OCCCCCCCc1ccc(-c2ccc(OCCCOC(=O)C3CO3)cc2)cc1)C1CO1.[HH]. The molecule has 13 heteroatoms. The zero-order chi connectivity index (χ0) is 48.3. The van der Waals surface area contributed by atoms with Crippen LogP contribution >= 0.6 is 0 Å². The molecule has 0 bridgehead atoms. The Labute approximate surface area is 410 Å². The number of unbranched alkanes of at least 4 members (excludes halogenated alkanes) is 8. The molecule has 3 heterocycles. The molecular weight excluding hydrogens is 881 g/mol. The van der Waals surface area contributed by atoms with Crippen molar-refractivity contribution in [3.63, 3.8) is 0 Å². The average Bonchev–Trinajstić information content (AvgIpc) is 4.20. The lowest BCUT2D eigenvalue weighted by atomic mass is 9.77. The van der Waals surface area contributed by atoms with Gasteiger partial charge in [0.25, 0.3) is 0 Å². The van der Waals surface area contributed by atoms with E-state index < -0.39 is 0 Å². The van der Waals surface area contributed by atoms with Crippen LogP contribution in [-0.4, -0.2) is 102 Å².